The van der Waals surface area contributed by atoms with Crippen molar-refractivity contribution in [3.63, 3.8) is 0 Å². The Morgan fingerprint density at radius 1 is 1.20 bits per heavy atom. The molecule has 4 aromatic rings. The van der Waals surface area contributed by atoms with Gasteiger partial charge in [0.25, 0.3) is 0 Å². The third kappa shape index (κ3) is 4.31. The van der Waals surface area contributed by atoms with Gasteiger partial charge in [0, 0.05) is 35.5 Å². The van der Waals surface area contributed by atoms with Crippen LogP contribution in [-0.4, -0.2) is 28.7 Å². The van der Waals surface area contributed by atoms with E-state index in [0.29, 0.717) is 22.6 Å². The van der Waals surface area contributed by atoms with Crippen molar-refractivity contribution in [2.75, 3.05) is 10.5 Å². The lowest BCUT2D eigenvalue weighted by Gasteiger charge is -2.30. The van der Waals surface area contributed by atoms with Crippen LogP contribution in [0.4, 0.5) is 10.1 Å². The summed E-state index contributed by atoms with van der Waals surface area (Å²) in [5, 5.41) is 10.8. The minimum Gasteiger partial charge on any atom is -0.424 e. The fourth-order valence-corrected chi connectivity index (χ4v) is 4.85. The summed E-state index contributed by atoms with van der Waals surface area (Å²) in [6.45, 7) is 1.48. The van der Waals surface area contributed by atoms with E-state index in [4.69, 9.17) is 4.74 Å². The van der Waals surface area contributed by atoms with Gasteiger partial charge in [-0.2, -0.15) is 5.26 Å². The van der Waals surface area contributed by atoms with Gasteiger partial charge in [0.05, 0.1) is 28.2 Å². The van der Waals surface area contributed by atoms with Crippen molar-refractivity contribution in [2.45, 2.75) is 32.2 Å². The van der Waals surface area contributed by atoms with Crippen LogP contribution in [0.2, 0.25) is 0 Å². The Balaban J connectivity index is 1.65. The SMILES string of the molecule is CCS(=O)(=O)Nc1ccc(-c2c(C#N)c3ccc(Oc4ncccn4)cc3n2C2CCC2)cc1F. The third-order valence-corrected chi connectivity index (χ3v) is 7.46. The summed E-state index contributed by atoms with van der Waals surface area (Å²) in [5.41, 5.74) is 2.19. The molecule has 2 aromatic heterocycles. The van der Waals surface area contributed by atoms with E-state index in [2.05, 4.69) is 25.3 Å². The zero-order valence-corrected chi connectivity index (χ0v) is 19.7. The van der Waals surface area contributed by atoms with Gasteiger partial charge in [-0.3, -0.25) is 4.72 Å². The largest absolute Gasteiger partial charge is 0.424 e. The fraction of sp³-hybridized carbons (Fsp3) is 0.240. The first kappa shape index (κ1) is 22.8. The van der Waals surface area contributed by atoms with Crippen LogP contribution in [0.3, 0.4) is 0 Å². The van der Waals surface area contributed by atoms with Crippen LogP contribution in [0.1, 0.15) is 37.8 Å². The van der Waals surface area contributed by atoms with Crippen LogP contribution >= 0.6 is 0 Å². The molecule has 8 nitrogen and oxygen atoms in total. The highest BCUT2D eigenvalue weighted by Gasteiger charge is 2.28. The molecule has 1 fully saturated rings. The molecular weight excluding hydrogens is 469 g/mol. The zero-order valence-electron chi connectivity index (χ0n) is 18.9. The molecule has 0 aliphatic heterocycles. The zero-order chi connectivity index (χ0) is 24.6. The molecule has 1 N–H and O–H groups in total. The molecule has 1 aliphatic rings. The Morgan fingerprint density at radius 2 is 1.97 bits per heavy atom. The highest BCUT2D eigenvalue weighted by molar-refractivity contribution is 7.92. The maximum absolute atomic E-state index is 15.0. The van der Waals surface area contributed by atoms with Gasteiger partial charge in [-0.15, -0.1) is 0 Å². The normalized spacial score (nSPS) is 13.9. The maximum Gasteiger partial charge on any atom is 0.321 e. The Hall–Kier alpha value is -3.97. The topological polar surface area (TPSA) is 110 Å². The molecule has 178 valence electrons. The summed E-state index contributed by atoms with van der Waals surface area (Å²) in [6.07, 6.45) is 6.11. The Morgan fingerprint density at radius 3 is 2.60 bits per heavy atom. The van der Waals surface area contributed by atoms with E-state index in [1.807, 2.05) is 12.1 Å². The molecule has 2 aromatic carbocycles. The van der Waals surface area contributed by atoms with Crippen LogP contribution in [-0.2, 0) is 10.0 Å². The predicted molar refractivity (Wildman–Crippen MR) is 130 cm³/mol. The average molecular weight is 492 g/mol. The molecule has 0 spiro atoms. The number of nitrogens with one attached hydrogen (secondary N) is 1. The number of hydrogen-bond acceptors (Lipinski definition) is 6. The minimum absolute atomic E-state index is 0.126. The van der Waals surface area contributed by atoms with Crippen molar-refractivity contribution in [3.8, 4) is 29.1 Å². The third-order valence-electron chi connectivity index (χ3n) is 6.17. The lowest BCUT2D eigenvalue weighted by molar-refractivity contribution is 0.324. The number of nitriles is 1. The molecule has 35 heavy (non-hydrogen) atoms. The van der Waals surface area contributed by atoms with E-state index in [9.17, 15) is 18.1 Å². The van der Waals surface area contributed by atoms with Crippen LogP contribution in [0.25, 0.3) is 22.2 Å². The second-order valence-electron chi connectivity index (χ2n) is 8.30. The number of rotatable bonds is 7. The van der Waals surface area contributed by atoms with Crippen LogP contribution in [0.5, 0.6) is 11.8 Å². The van der Waals surface area contributed by atoms with Crippen molar-refractivity contribution in [1.82, 2.24) is 14.5 Å². The molecule has 0 radical (unpaired) electrons. The van der Waals surface area contributed by atoms with E-state index in [0.717, 1.165) is 30.2 Å². The van der Waals surface area contributed by atoms with Crippen LogP contribution in [0, 0.1) is 17.1 Å². The van der Waals surface area contributed by atoms with Crippen molar-refractivity contribution in [2.24, 2.45) is 0 Å². The second kappa shape index (κ2) is 9.00. The molecule has 0 atom stereocenters. The summed E-state index contributed by atoms with van der Waals surface area (Å²) in [6, 6.07) is 14.0. The Labute approximate surface area is 202 Å². The van der Waals surface area contributed by atoms with Gasteiger partial charge in [-0.1, -0.05) is 6.07 Å². The van der Waals surface area contributed by atoms with E-state index >= 15 is 0 Å². The van der Waals surface area contributed by atoms with E-state index in [1.54, 1.807) is 30.6 Å². The molecule has 0 bridgehead atoms. The van der Waals surface area contributed by atoms with E-state index in [1.165, 1.54) is 19.1 Å². The molecule has 1 saturated carbocycles. The van der Waals surface area contributed by atoms with Gasteiger partial charge < -0.3 is 9.30 Å². The minimum atomic E-state index is -3.62. The first-order chi connectivity index (χ1) is 16.9. The van der Waals surface area contributed by atoms with Crippen LogP contribution in [0.15, 0.2) is 54.9 Å². The van der Waals surface area contributed by atoms with E-state index < -0.39 is 15.8 Å². The van der Waals surface area contributed by atoms with Gasteiger partial charge in [0.2, 0.25) is 10.0 Å². The number of ether oxygens (including phenoxy) is 1. The average Bonchev–Trinajstić information content (AvgIpc) is 3.13. The highest BCUT2D eigenvalue weighted by atomic mass is 32.2. The first-order valence-electron chi connectivity index (χ1n) is 11.2. The number of halogens is 1. The summed E-state index contributed by atoms with van der Waals surface area (Å²) >= 11 is 0. The number of nitrogens with zero attached hydrogens (tertiary/aromatic N) is 4. The molecular formula is C25H22FN5O3S. The fourth-order valence-electron chi connectivity index (χ4n) is 4.20. The van der Waals surface area contributed by atoms with Crippen molar-refractivity contribution in [3.05, 3.63) is 66.2 Å². The molecule has 0 unspecified atom stereocenters. The summed E-state index contributed by atoms with van der Waals surface area (Å²) < 4.78 is 48.9. The molecule has 2 heterocycles. The number of anilines is 1. The number of aromatic nitrogens is 3. The summed E-state index contributed by atoms with van der Waals surface area (Å²) in [7, 11) is -3.62. The van der Waals surface area contributed by atoms with E-state index in [-0.39, 0.29) is 23.5 Å². The van der Waals surface area contributed by atoms with Crippen molar-refractivity contribution < 1.29 is 17.5 Å². The summed E-state index contributed by atoms with van der Waals surface area (Å²) in [5.74, 6) is -0.353. The molecule has 0 amide bonds. The number of sulfonamides is 1. The number of hydrogen-bond donors (Lipinski definition) is 1. The highest BCUT2D eigenvalue weighted by Crippen LogP contribution is 2.44. The van der Waals surface area contributed by atoms with Gasteiger partial charge in [-0.05, 0) is 56.5 Å². The monoisotopic (exact) mass is 491 g/mol. The lowest BCUT2D eigenvalue weighted by Crippen LogP contribution is -2.18. The smallest absolute Gasteiger partial charge is 0.321 e. The second-order valence-corrected chi connectivity index (χ2v) is 10.3. The number of fused-ring (bicyclic) bond motifs is 1. The van der Waals surface area contributed by atoms with Gasteiger partial charge in [-0.25, -0.2) is 22.8 Å². The van der Waals surface area contributed by atoms with Gasteiger partial charge >= 0.3 is 6.01 Å². The molecule has 10 heteroatoms. The van der Waals surface area contributed by atoms with Gasteiger partial charge in [0.15, 0.2) is 0 Å². The Bertz CT molecular complexity index is 1560. The standard InChI is InChI=1S/C25H22FN5O3S/c1-2-35(32,33)30-22-10-7-16(13-21(22)26)24-20(15-27)19-9-8-18(34-25-28-11-4-12-29-25)14-23(19)31(24)17-5-3-6-17/h4,7-14,17,30H,2-3,5-6H2,1H3. The predicted octanol–water partition coefficient (Wildman–Crippen LogP) is 5.39. The lowest BCUT2D eigenvalue weighted by atomic mass is 9.92. The molecule has 5 rings (SSSR count). The molecule has 0 saturated heterocycles. The summed E-state index contributed by atoms with van der Waals surface area (Å²) in [4.78, 5) is 8.18. The first-order valence-corrected chi connectivity index (χ1v) is 12.9. The van der Waals surface area contributed by atoms with Crippen molar-refractivity contribution >= 4 is 26.6 Å². The Kier molecular flexibility index (Phi) is 5.86. The quantitative estimate of drug-likeness (QED) is 0.371. The van der Waals surface area contributed by atoms with Gasteiger partial charge in [0.1, 0.15) is 17.6 Å². The van der Waals surface area contributed by atoms with Crippen molar-refractivity contribution in [1.29, 1.82) is 5.26 Å². The molecule has 1 aliphatic carbocycles. The maximum atomic E-state index is 15.0. The van der Waals surface area contributed by atoms with Crippen LogP contribution < -0.4 is 9.46 Å². The number of benzene rings is 2.